The fraction of sp³-hybridized carbons (Fsp3) is 0.429. The predicted molar refractivity (Wildman–Crippen MR) is 132 cm³/mol. The van der Waals surface area contributed by atoms with Gasteiger partial charge in [0.25, 0.3) is 0 Å². The monoisotopic (exact) mass is 441 g/mol. The molecular weight excluding hydrogens is 413 g/mol. The Kier molecular flexibility index (Phi) is 7.30. The van der Waals surface area contributed by atoms with E-state index in [0.717, 1.165) is 49.4 Å². The minimum Gasteiger partial charge on any atom is -0.369 e. The van der Waals surface area contributed by atoms with Gasteiger partial charge in [-0.05, 0) is 47.3 Å². The molecule has 158 valence electrons. The lowest BCUT2D eigenvalue weighted by Gasteiger charge is -2.39. The van der Waals surface area contributed by atoms with E-state index in [4.69, 9.17) is 10.4 Å². The number of nitriles is 1. The fourth-order valence-corrected chi connectivity index (χ4v) is 4.66. The van der Waals surface area contributed by atoms with Crippen LogP contribution in [0.1, 0.15) is 23.1 Å². The van der Waals surface area contributed by atoms with Gasteiger partial charge >= 0.3 is 0 Å². The highest BCUT2D eigenvalue weighted by molar-refractivity contribution is 7.98. The summed E-state index contributed by atoms with van der Waals surface area (Å²) in [6.45, 7) is 9.50. The van der Waals surface area contributed by atoms with Crippen molar-refractivity contribution in [1.29, 1.82) is 10.7 Å². The first-order valence-electron chi connectivity index (χ1n) is 9.75. The van der Waals surface area contributed by atoms with Crippen molar-refractivity contribution in [2.75, 3.05) is 43.4 Å². The van der Waals surface area contributed by atoms with Crippen LogP contribution in [0.15, 0.2) is 27.7 Å². The van der Waals surface area contributed by atoms with Gasteiger partial charge in [0.2, 0.25) is 0 Å². The van der Waals surface area contributed by atoms with E-state index in [1.54, 1.807) is 11.8 Å². The molecule has 1 unspecified atom stereocenters. The molecule has 2 heterocycles. The maximum Gasteiger partial charge on any atom is 0.144 e. The van der Waals surface area contributed by atoms with Crippen LogP contribution in [0.25, 0.3) is 5.70 Å². The van der Waals surface area contributed by atoms with Gasteiger partial charge in [-0.1, -0.05) is 6.07 Å². The van der Waals surface area contributed by atoms with E-state index >= 15 is 0 Å². The van der Waals surface area contributed by atoms with Crippen molar-refractivity contribution >= 4 is 51.3 Å². The summed E-state index contributed by atoms with van der Waals surface area (Å²) in [4.78, 5) is 11.3. The van der Waals surface area contributed by atoms with Gasteiger partial charge in [-0.2, -0.15) is 5.26 Å². The summed E-state index contributed by atoms with van der Waals surface area (Å²) in [7, 11) is 2.46. The van der Waals surface area contributed by atoms with Gasteiger partial charge in [0.05, 0.1) is 11.6 Å². The second-order valence-corrected chi connectivity index (χ2v) is 8.80. The van der Waals surface area contributed by atoms with Crippen molar-refractivity contribution in [2.45, 2.75) is 13.3 Å². The molecule has 1 spiro atoms. The number of hydrogen-bond donors (Lipinski definition) is 3. The minimum absolute atomic E-state index is 0.280. The molecule has 3 N–H and O–H groups in total. The van der Waals surface area contributed by atoms with Crippen LogP contribution >= 0.6 is 21.2 Å². The molecule has 2 fully saturated rings. The Morgan fingerprint density at radius 3 is 2.80 bits per heavy atom. The number of rotatable bonds is 7. The molecule has 2 saturated heterocycles. The molecule has 30 heavy (non-hydrogen) atoms. The molecule has 2 aliphatic heterocycles. The Hall–Kier alpha value is -2.20. The molecular formula is C21H28N7PS. The number of aliphatic imine (C=N–C) groups is 2. The molecule has 2 aliphatic rings. The smallest absolute Gasteiger partial charge is 0.144 e. The Morgan fingerprint density at radius 2 is 2.30 bits per heavy atom. The summed E-state index contributed by atoms with van der Waals surface area (Å²) in [5, 5.41) is 24.6. The largest absolute Gasteiger partial charge is 0.369 e. The van der Waals surface area contributed by atoms with Gasteiger partial charge < -0.3 is 20.7 Å². The van der Waals surface area contributed by atoms with E-state index in [9.17, 15) is 5.26 Å². The van der Waals surface area contributed by atoms with Crippen LogP contribution in [0.5, 0.6) is 0 Å². The number of nitrogens with one attached hydrogen (secondary N) is 3. The van der Waals surface area contributed by atoms with Crippen molar-refractivity contribution in [3.05, 3.63) is 34.4 Å². The molecule has 3 rings (SSSR count). The van der Waals surface area contributed by atoms with E-state index < -0.39 is 0 Å². The Bertz CT molecular complexity index is 943. The van der Waals surface area contributed by atoms with E-state index in [-0.39, 0.29) is 5.41 Å². The normalized spacial score (nSPS) is 18.5. The topological polar surface area (TPSA) is 99.7 Å². The number of nitrogens with zero attached hydrogens (tertiary/aromatic N) is 4. The van der Waals surface area contributed by atoms with Gasteiger partial charge in [0.15, 0.2) is 0 Å². The van der Waals surface area contributed by atoms with Crippen molar-refractivity contribution in [2.24, 2.45) is 15.4 Å². The summed E-state index contributed by atoms with van der Waals surface area (Å²) in [5.41, 5.74) is 4.28. The minimum atomic E-state index is 0.280. The van der Waals surface area contributed by atoms with Crippen molar-refractivity contribution in [3.63, 3.8) is 0 Å². The van der Waals surface area contributed by atoms with Gasteiger partial charge in [-0.15, -0.1) is 11.8 Å². The van der Waals surface area contributed by atoms with E-state index in [2.05, 4.69) is 42.5 Å². The molecule has 7 nitrogen and oxygen atoms in total. The molecule has 1 atom stereocenters. The third kappa shape index (κ3) is 4.15. The number of aryl methyl sites for hydroxylation is 1. The second kappa shape index (κ2) is 9.74. The highest BCUT2D eigenvalue weighted by Crippen LogP contribution is 2.37. The first-order chi connectivity index (χ1) is 14.5. The molecule has 0 radical (unpaired) electrons. The van der Waals surface area contributed by atoms with Crippen molar-refractivity contribution < 1.29 is 0 Å². The molecule has 0 amide bonds. The summed E-state index contributed by atoms with van der Waals surface area (Å²) in [6, 6.07) is 6.23. The number of benzene rings is 1. The summed E-state index contributed by atoms with van der Waals surface area (Å²) in [6.07, 6.45) is 4.37. The zero-order valence-electron chi connectivity index (χ0n) is 17.5. The highest BCUT2D eigenvalue weighted by Gasteiger charge is 2.44. The average molecular weight is 442 g/mol. The second-order valence-electron chi connectivity index (χ2n) is 7.68. The number of hydrogen-bond acceptors (Lipinski definition) is 7. The molecule has 0 saturated carbocycles. The maximum atomic E-state index is 10.2. The molecule has 9 heteroatoms. The molecule has 0 aromatic heterocycles. The zero-order chi connectivity index (χ0) is 21.7. The highest BCUT2D eigenvalue weighted by atomic mass is 32.2. The number of likely N-dealkylation sites (tertiary alicyclic amines) is 1. The summed E-state index contributed by atoms with van der Waals surface area (Å²) < 4.78 is 0. The molecule has 1 aromatic rings. The van der Waals surface area contributed by atoms with E-state index in [0.29, 0.717) is 28.5 Å². The van der Waals surface area contributed by atoms with Crippen LogP contribution in [0.4, 0.5) is 5.69 Å². The van der Waals surface area contributed by atoms with Crippen LogP contribution < -0.4 is 10.4 Å². The van der Waals surface area contributed by atoms with Crippen LogP contribution in [0.2, 0.25) is 0 Å². The van der Waals surface area contributed by atoms with Crippen LogP contribution in [0, 0.1) is 29.1 Å². The maximum absolute atomic E-state index is 10.2. The van der Waals surface area contributed by atoms with Crippen LogP contribution in [-0.2, 0) is 0 Å². The molecule has 0 bridgehead atoms. The average Bonchev–Trinajstić information content (AvgIpc) is 3.20. The standard InChI is InChI=1S/C21H28N7PS/c1-14-4-5-17(27-29)15(8-22)18(14)19(24-2)16(9-23)20(26-13-30-3)28-7-6-21(12-28)10-25-11-21/h4-5,8,22,25,27H,2,6-7,10-13,29H2,1,3H3/b19-16-,22-8?,26-20+. The Morgan fingerprint density at radius 1 is 1.53 bits per heavy atom. The van der Waals surface area contributed by atoms with Gasteiger partial charge in [-0.3, -0.25) is 9.98 Å². The lowest BCUT2D eigenvalue weighted by atomic mass is 9.81. The third-order valence-electron chi connectivity index (χ3n) is 5.80. The molecule has 1 aromatic carbocycles. The first-order valence-corrected chi connectivity index (χ1v) is 11.7. The predicted octanol–water partition coefficient (Wildman–Crippen LogP) is 3.14. The van der Waals surface area contributed by atoms with Gasteiger partial charge in [-0.25, -0.2) is 0 Å². The van der Waals surface area contributed by atoms with Crippen molar-refractivity contribution in [1.82, 2.24) is 10.2 Å². The Balaban J connectivity index is 2.17. The quantitative estimate of drug-likeness (QED) is 0.261. The first kappa shape index (κ1) is 22.5. The number of thioether (sulfide) groups is 1. The van der Waals surface area contributed by atoms with Gasteiger partial charge in [0.1, 0.15) is 17.5 Å². The SMILES string of the molecule is C=N/C(=C(C#N)\C(=N/CSC)N1CCC2(CNC2)C1)c1c(C)ccc(NP)c1C=N. The number of anilines is 1. The summed E-state index contributed by atoms with van der Waals surface area (Å²) in [5.74, 6) is 1.24. The Labute approximate surface area is 184 Å². The zero-order valence-corrected chi connectivity index (χ0v) is 19.4. The third-order valence-corrected chi connectivity index (χ3v) is 6.50. The lowest BCUT2D eigenvalue weighted by Crippen LogP contribution is -2.55. The van der Waals surface area contributed by atoms with E-state index in [1.807, 2.05) is 25.3 Å². The van der Waals surface area contributed by atoms with Crippen molar-refractivity contribution in [3.8, 4) is 6.07 Å². The van der Waals surface area contributed by atoms with Gasteiger partial charge in [0, 0.05) is 54.6 Å². The van der Waals surface area contributed by atoms with E-state index in [1.165, 1.54) is 6.21 Å². The van der Waals surface area contributed by atoms with Crippen LogP contribution in [0.3, 0.4) is 0 Å². The number of amidine groups is 1. The lowest BCUT2D eigenvalue weighted by molar-refractivity contribution is 0.185. The molecule has 0 aliphatic carbocycles. The summed E-state index contributed by atoms with van der Waals surface area (Å²) >= 11 is 1.61. The van der Waals surface area contributed by atoms with Crippen LogP contribution in [-0.4, -0.2) is 62.0 Å². The fourth-order valence-electron chi connectivity index (χ4n) is 4.16.